The molecule has 1 aliphatic rings. The number of nitrogens with one attached hydrogen (secondary N) is 2. The van der Waals surface area contributed by atoms with Crippen molar-refractivity contribution in [1.82, 2.24) is 9.62 Å². The molecule has 0 radical (unpaired) electrons. The Morgan fingerprint density at radius 2 is 1.66 bits per heavy atom. The van der Waals surface area contributed by atoms with Crippen molar-refractivity contribution in [3.63, 3.8) is 0 Å². The van der Waals surface area contributed by atoms with Crippen LogP contribution in [0.3, 0.4) is 0 Å². The maximum Gasteiger partial charge on any atom is 0.256 e. The second kappa shape index (κ2) is 8.64. The summed E-state index contributed by atoms with van der Waals surface area (Å²) in [4.78, 5) is 26.5. The number of rotatable bonds is 5. The molecule has 29 heavy (non-hydrogen) atoms. The van der Waals surface area contributed by atoms with Gasteiger partial charge in [-0.15, -0.1) is 11.3 Å². The lowest BCUT2D eigenvalue weighted by Gasteiger charge is -2.12. The normalized spacial score (nSPS) is 14.2. The second-order valence-electron chi connectivity index (χ2n) is 7.11. The van der Waals surface area contributed by atoms with Crippen LogP contribution >= 0.6 is 11.3 Å². The standard InChI is InChI=1S/C20H25N3O4S2/c1-21-19(25)17-15-7-5-4-6-8-16(15)28-20(17)22-18(24)13-9-11-14(12-10-13)29(26,27)23(2)3/h9-12H,4-8H2,1-3H3,(H,21,25)(H,22,24). The molecule has 2 amide bonds. The summed E-state index contributed by atoms with van der Waals surface area (Å²) in [5.74, 6) is -0.576. The lowest BCUT2D eigenvalue weighted by atomic mass is 10.0. The summed E-state index contributed by atoms with van der Waals surface area (Å²) in [5.41, 5.74) is 1.92. The molecule has 0 bridgehead atoms. The molecule has 0 unspecified atom stereocenters. The summed E-state index contributed by atoms with van der Waals surface area (Å²) in [7, 11) is 0.938. The fourth-order valence-corrected chi connectivity index (χ4v) is 5.54. The van der Waals surface area contributed by atoms with E-state index in [9.17, 15) is 18.0 Å². The lowest BCUT2D eigenvalue weighted by Crippen LogP contribution is -2.23. The number of thiophene rings is 1. The largest absolute Gasteiger partial charge is 0.355 e. The van der Waals surface area contributed by atoms with Crippen molar-refractivity contribution >= 4 is 38.2 Å². The molecule has 1 heterocycles. The molecule has 9 heteroatoms. The highest BCUT2D eigenvalue weighted by Gasteiger charge is 2.25. The van der Waals surface area contributed by atoms with Gasteiger partial charge in [0.05, 0.1) is 10.5 Å². The summed E-state index contributed by atoms with van der Waals surface area (Å²) in [6, 6.07) is 5.77. The molecular formula is C20H25N3O4S2. The number of nitrogens with zero attached hydrogens (tertiary/aromatic N) is 1. The zero-order chi connectivity index (χ0) is 21.2. The predicted octanol–water partition coefficient (Wildman–Crippen LogP) is 2.88. The number of carbonyl (C=O) groups is 2. The van der Waals surface area contributed by atoms with Crippen LogP contribution < -0.4 is 10.6 Å². The number of hydrogen-bond donors (Lipinski definition) is 2. The number of amides is 2. The Balaban J connectivity index is 1.88. The van der Waals surface area contributed by atoms with Gasteiger partial charge in [0.2, 0.25) is 10.0 Å². The first kappa shape index (κ1) is 21.5. The number of aryl methyl sites for hydroxylation is 1. The first-order valence-corrected chi connectivity index (χ1v) is 11.7. The average Bonchev–Trinajstić information content (AvgIpc) is 2.87. The molecule has 2 N–H and O–H groups in total. The summed E-state index contributed by atoms with van der Waals surface area (Å²) in [6.07, 6.45) is 5.00. The van der Waals surface area contributed by atoms with Gasteiger partial charge in [-0.05, 0) is 55.5 Å². The summed E-state index contributed by atoms with van der Waals surface area (Å²) in [5, 5.41) is 6.08. The fourth-order valence-electron chi connectivity index (χ4n) is 3.36. The van der Waals surface area contributed by atoms with E-state index in [2.05, 4.69) is 10.6 Å². The van der Waals surface area contributed by atoms with E-state index in [1.807, 2.05) is 0 Å². The monoisotopic (exact) mass is 435 g/mol. The van der Waals surface area contributed by atoms with Gasteiger partial charge in [0.1, 0.15) is 5.00 Å². The van der Waals surface area contributed by atoms with E-state index in [4.69, 9.17) is 0 Å². The Bertz CT molecular complexity index is 1020. The van der Waals surface area contributed by atoms with Crippen molar-refractivity contribution in [3.8, 4) is 0 Å². The Labute approximate surface area is 175 Å². The van der Waals surface area contributed by atoms with E-state index in [-0.39, 0.29) is 16.7 Å². The molecular weight excluding hydrogens is 410 g/mol. The number of carbonyl (C=O) groups excluding carboxylic acids is 2. The average molecular weight is 436 g/mol. The first-order chi connectivity index (χ1) is 13.8. The van der Waals surface area contributed by atoms with E-state index in [0.717, 1.165) is 46.8 Å². The van der Waals surface area contributed by atoms with Crippen LogP contribution in [0, 0.1) is 0 Å². The van der Waals surface area contributed by atoms with E-state index >= 15 is 0 Å². The van der Waals surface area contributed by atoms with Crippen LogP contribution in [0.25, 0.3) is 0 Å². The van der Waals surface area contributed by atoms with Crippen molar-refractivity contribution in [2.24, 2.45) is 0 Å². The molecule has 0 spiro atoms. The number of anilines is 1. The third-order valence-corrected chi connectivity index (χ3v) is 8.03. The third kappa shape index (κ3) is 4.36. The number of hydrogen-bond acceptors (Lipinski definition) is 5. The van der Waals surface area contributed by atoms with Crippen molar-refractivity contribution < 1.29 is 18.0 Å². The molecule has 1 aromatic carbocycles. The molecule has 0 saturated heterocycles. The van der Waals surface area contributed by atoms with Gasteiger partial charge in [-0.3, -0.25) is 9.59 Å². The van der Waals surface area contributed by atoms with Crippen molar-refractivity contribution in [3.05, 3.63) is 45.8 Å². The Morgan fingerprint density at radius 1 is 1.00 bits per heavy atom. The molecule has 7 nitrogen and oxygen atoms in total. The van der Waals surface area contributed by atoms with Crippen LogP contribution in [-0.2, 0) is 22.9 Å². The Kier molecular flexibility index (Phi) is 6.40. The van der Waals surface area contributed by atoms with Crippen LogP contribution in [0.1, 0.15) is 50.4 Å². The van der Waals surface area contributed by atoms with Gasteiger partial charge in [0.25, 0.3) is 11.8 Å². The van der Waals surface area contributed by atoms with E-state index < -0.39 is 10.0 Å². The summed E-state index contributed by atoms with van der Waals surface area (Å²) in [6.45, 7) is 0. The highest BCUT2D eigenvalue weighted by atomic mass is 32.2. The van der Waals surface area contributed by atoms with Crippen molar-refractivity contribution in [1.29, 1.82) is 0 Å². The van der Waals surface area contributed by atoms with E-state index in [1.165, 1.54) is 49.7 Å². The summed E-state index contributed by atoms with van der Waals surface area (Å²) < 4.78 is 25.5. The highest BCUT2D eigenvalue weighted by Crippen LogP contribution is 2.37. The third-order valence-electron chi connectivity index (χ3n) is 5.00. The molecule has 156 valence electrons. The van der Waals surface area contributed by atoms with Gasteiger partial charge in [-0.1, -0.05) is 6.42 Å². The zero-order valence-corrected chi connectivity index (χ0v) is 18.4. The van der Waals surface area contributed by atoms with Gasteiger partial charge in [0, 0.05) is 31.6 Å². The SMILES string of the molecule is CNC(=O)c1c(NC(=O)c2ccc(S(=O)(=O)N(C)C)cc2)sc2c1CCCCC2. The van der Waals surface area contributed by atoms with E-state index in [0.29, 0.717) is 16.1 Å². The van der Waals surface area contributed by atoms with Gasteiger partial charge in [-0.2, -0.15) is 0 Å². The van der Waals surface area contributed by atoms with E-state index in [1.54, 1.807) is 7.05 Å². The highest BCUT2D eigenvalue weighted by molar-refractivity contribution is 7.89. The van der Waals surface area contributed by atoms with Crippen molar-refractivity contribution in [2.45, 2.75) is 37.0 Å². The number of fused-ring (bicyclic) bond motifs is 1. The maximum absolute atomic E-state index is 12.8. The quantitative estimate of drug-likeness (QED) is 0.706. The molecule has 1 aliphatic carbocycles. The lowest BCUT2D eigenvalue weighted by molar-refractivity contribution is 0.0963. The zero-order valence-electron chi connectivity index (χ0n) is 16.7. The minimum Gasteiger partial charge on any atom is -0.355 e. The minimum atomic E-state index is -3.55. The predicted molar refractivity (Wildman–Crippen MR) is 114 cm³/mol. The molecule has 2 aromatic rings. The number of benzene rings is 1. The van der Waals surface area contributed by atoms with Gasteiger partial charge in [-0.25, -0.2) is 12.7 Å². The molecule has 3 rings (SSSR count). The van der Waals surface area contributed by atoms with Crippen LogP contribution in [0.2, 0.25) is 0 Å². The Hall–Kier alpha value is -2.23. The fraction of sp³-hybridized carbons (Fsp3) is 0.400. The van der Waals surface area contributed by atoms with Crippen LogP contribution in [0.15, 0.2) is 29.2 Å². The second-order valence-corrected chi connectivity index (χ2v) is 10.4. The van der Waals surface area contributed by atoms with Gasteiger partial charge < -0.3 is 10.6 Å². The summed E-state index contributed by atoms with van der Waals surface area (Å²) >= 11 is 1.46. The maximum atomic E-state index is 12.8. The molecule has 0 fully saturated rings. The van der Waals surface area contributed by atoms with Crippen LogP contribution in [0.4, 0.5) is 5.00 Å². The molecule has 0 saturated carbocycles. The molecule has 0 atom stereocenters. The molecule has 1 aromatic heterocycles. The van der Waals surface area contributed by atoms with Gasteiger partial charge >= 0.3 is 0 Å². The first-order valence-electron chi connectivity index (χ1n) is 9.46. The van der Waals surface area contributed by atoms with Crippen molar-refractivity contribution in [2.75, 3.05) is 26.5 Å². The minimum absolute atomic E-state index is 0.118. The Morgan fingerprint density at radius 3 is 2.28 bits per heavy atom. The van der Waals surface area contributed by atoms with Gasteiger partial charge in [0.15, 0.2) is 0 Å². The van der Waals surface area contributed by atoms with Crippen LogP contribution in [0.5, 0.6) is 0 Å². The topological polar surface area (TPSA) is 95.6 Å². The van der Waals surface area contributed by atoms with Crippen LogP contribution in [-0.4, -0.2) is 45.7 Å². The number of sulfonamides is 1. The molecule has 0 aliphatic heterocycles. The smallest absolute Gasteiger partial charge is 0.256 e.